The molecule has 9 rings (SSSR count). The van der Waals surface area contributed by atoms with Gasteiger partial charge in [-0.25, -0.2) is 0 Å². The van der Waals surface area contributed by atoms with Crippen molar-refractivity contribution in [1.82, 2.24) is 4.98 Å². The van der Waals surface area contributed by atoms with Gasteiger partial charge in [0.2, 0.25) is 0 Å². The second kappa shape index (κ2) is 6.28. The molecule has 2 heteroatoms. The molecule has 0 radical (unpaired) electrons. The first-order chi connectivity index (χ1) is 17.3. The number of benzene rings is 4. The molecule has 1 aromatic heterocycles. The van der Waals surface area contributed by atoms with Crippen molar-refractivity contribution >= 4 is 17.1 Å². The normalized spacial score (nSPS) is 14.9. The standard InChI is InChI=1S/C33H22N2/c1-3-7-25-19(5-1)14-23-17-31-24(16-27(23)25)15-22-11-12-34-29-18-28-30(35(31)33(22)29)10-9-21-13-20-6-2-4-8-26(20)32(21)28/h1-12,16-17H,13-15,18H2. The second-order valence-corrected chi connectivity index (χ2v) is 10.4. The summed E-state index contributed by atoms with van der Waals surface area (Å²) < 4.78 is 0. The van der Waals surface area contributed by atoms with Crippen LogP contribution in [0.1, 0.15) is 44.6 Å². The topological polar surface area (TPSA) is 16.1 Å². The molecule has 0 spiro atoms. The van der Waals surface area contributed by atoms with E-state index in [1.807, 2.05) is 6.20 Å². The maximum Gasteiger partial charge on any atom is 0.0716 e. The van der Waals surface area contributed by atoms with Crippen molar-refractivity contribution in [2.24, 2.45) is 0 Å². The number of aromatic nitrogens is 1. The smallest absolute Gasteiger partial charge is 0.0716 e. The van der Waals surface area contributed by atoms with Crippen LogP contribution in [-0.2, 0) is 25.7 Å². The van der Waals surface area contributed by atoms with Crippen molar-refractivity contribution in [1.29, 1.82) is 0 Å². The van der Waals surface area contributed by atoms with Crippen molar-refractivity contribution in [3.63, 3.8) is 0 Å². The third-order valence-corrected chi connectivity index (χ3v) is 8.55. The van der Waals surface area contributed by atoms with Crippen molar-refractivity contribution in [3.05, 3.63) is 130 Å². The zero-order chi connectivity index (χ0) is 22.7. The first-order valence-electron chi connectivity index (χ1n) is 12.6. The Morgan fingerprint density at radius 3 is 2.23 bits per heavy atom. The molecule has 0 saturated heterocycles. The van der Waals surface area contributed by atoms with Crippen LogP contribution in [0.2, 0.25) is 0 Å². The molecule has 0 bridgehead atoms. The number of anilines is 3. The van der Waals surface area contributed by atoms with Gasteiger partial charge in [-0.2, -0.15) is 0 Å². The van der Waals surface area contributed by atoms with Crippen molar-refractivity contribution in [2.75, 3.05) is 4.90 Å². The third-order valence-electron chi connectivity index (χ3n) is 8.55. The Labute approximate surface area is 204 Å². The Kier molecular flexibility index (Phi) is 3.27. The number of hydrogen-bond donors (Lipinski definition) is 0. The Morgan fingerprint density at radius 2 is 1.31 bits per heavy atom. The lowest BCUT2D eigenvalue weighted by molar-refractivity contribution is 0.959. The summed E-state index contributed by atoms with van der Waals surface area (Å²) in [4.78, 5) is 7.47. The van der Waals surface area contributed by atoms with E-state index >= 15 is 0 Å². The summed E-state index contributed by atoms with van der Waals surface area (Å²) >= 11 is 0. The molecule has 3 heterocycles. The average Bonchev–Trinajstić information content (AvgIpc) is 3.45. The molecule has 0 N–H and O–H groups in total. The predicted octanol–water partition coefficient (Wildman–Crippen LogP) is 7.50. The molecule has 0 amide bonds. The molecule has 0 unspecified atom stereocenters. The van der Waals surface area contributed by atoms with E-state index in [1.165, 1.54) is 84.0 Å². The van der Waals surface area contributed by atoms with Gasteiger partial charge in [-0.1, -0.05) is 54.6 Å². The summed E-state index contributed by atoms with van der Waals surface area (Å²) in [7, 11) is 0. The summed E-state index contributed by atoms with van der Waals surface area (Å²) in [5.74, 6) is 0. The van der Waals surface area contributed by atoms with Gasteiger partial charge in [0.15, 0.2) is 0 Å². The molecule has 2 aliphatic carbocycles. The van der Waals surface area contributed by atoms with E-state index < -0.39 is 0 Å². The van der Waals surface area contributed by atoms with Crippen molar-refractivity contribution < 1.29 is 0 Å². The molecule has 2 aliphatic heterocycles. The maximum atomic E-state index is 4.93. The average molecular weight is 447 g/mol. The first kappa shape index (κ1) is 18.2. The molecule has 35 heavy (non-hydrogen) atoms. The van der Waals surface area contributed by atoms with Crippen LogP contribution in [0.5, 0.6) is 0 Å². The summed E-state index contributed by atoms with van der Waals surface area (Å²) in [6.45, 7) is 0. The number of rotatable bonds is 0. The van der Waals surface area contributed by atoms with E-state index in [0.717, 1.165) is 25.7 Å². The van der Waals surface area contributed by atoms with Gasteiger partial charge >= 0.3 is 0 Å². The van der Waals surface area contributed by atoms with E-state index in [9.17, 15) is 0 Å². The van der Waals surface area contributed by atoms with Gasteiger partial charge in [-0.05, 0) is 98.3 Å². The fraction of sp³-hybridized carbons (Fsp3) is 0.121. The summed E-state index contributed by atoms with van der Waals surface area (Å²) in [5, 5.41) is 0. The third kappa shape index (κ3) is 2.27. The Bertz CT molecular complexity index is 1760. The lowest BCUT2D eigenvalue weighted by Crippen LogP contribution is -2.26. The van der Waals surface area contributed by atoms with Gasteiger partial charge in [-0.3, -0.25) is 4.98 Å². The Morgan fingerprint density at radius 1 is 0.543 bits per heavy atom. The van der Waals surface area contributed by atoms with Gasteiger partial charge in [0, 0.05) is 19.0 Å². The second-order valence-electron chi connectivity index (χ2n) is 10.4. The van der Waals surface area contributed by atoms with E-state index in [4.69, 9.17) is 4.98 Å². The van der Waals surface area contributed by atoms with Crippen LogP contribution in [0.4, 0.5) is 17.1 Å². The molecular weight excluding hydrogens is 424 g/mol. The fourth-order valence-corrected chi connectivity index (χ4v) is 7.08. The molecule has 0 fully saturated rings. The highest BCUT2D eigenvalue weighted by Gasteiger charge is 2.36. The number of hydrogen-bond acceptors (Lipinski definition) is 2. The molecular formula is C33H22N2. The molecule has 5 aromatic rings. The SMILES string of the molecule is c1ccc2c(c1)Cc1cc3c(cc1-2)Cc1ccnc2c1N3c1ccc3c(c1C2)-c1ccccc1C3. The minimum atomic E-state index is 0.901. The van der Waals surface area contributed by atoms with Crippen molar-refractivity contribution in [3.8, 4) is 22.3 Å². The van der Waals surface area contributed by atoms with Crippen LogP contribution in [0, 0.1) is 0 Å². The number of fused-ring (bicyclic) bond motifs is 11. The Balaban J connectivity index is 1.31. The monoisotopic (exact) mass is 446 g/mol. The molecule has 0 atom stereocenters. The van der Waals surface area contributed by atoms with E-state index in [-0.39, 0.29) is 0 Å². The van der Waals surface area contributed by atoms with Crippen LogP contribution >= 0.6 is 0 Å². The van der Waals surface area contributed by atoms with Crippen molar-refractivity contribution in [2.45, 2.75) is 25.7 Å². The lowest BCUT2D eigenvalue weighted by Gasteiger charge is -2.39. The highest BCUT2D eigenvalue weighted by molar-refractivity contribution is 5.95. The Hall–Kier alpha value is -4.17. The van der Waals surface area contributed by atoms with Gasteiger partial charge in [0.05, 0.1) is 22.8 Å². The first-order valence-corrected chi connectivity index (χ1v) is 12.6. The summed E-state index contributed by atoms with van der Waals surface area (Å²) in [6.07, 6.45) is 5.93. The number of pyridine rings is 1. The maximum absolute atomic E-state index is 4.93. The van der Waals surface area contributed by atoms with Crippen LogP contribution in [0.3, 0.4) is 0 Å². The van der Waals surface area contributed by atoms with Gasteiger partial charge in [0.1, 0.15) is 0 Å². The highest BCUT2D eigenvalue weighted by atomic mass is 15.2. The molecule has 4 aliphatic rings. The van der Waals surface area contributed by atoms with E-state index in [1.54, 1.807) is 0 Å². The molecule has 0 saturated carbocycles. The lowest BCUT2D eigenvalue weighted by atomic mass is 9.85. The van der Waals surface area contributed by atoms with E-state index in [2.05, 4.69) is 83.8 Å². The highest BCUT2D eigenvalue weighted by Crippen LogP contribution is 2.55. The van der Waals surface area contributed by atoms with Crippen LogP contribution in [0.15, 0.2) is 85.1 Å². The van der Waals surface area contributed by atoms with E-state index in [0.29, 0.717) is 0 Å². The minimum absolute atomic E-state index is 0.901. The minimum Gasteiger partial charge on any atom is -0.308 e. The summed E-state index contributed by atoms with van der Waals surface area (Å²) in [6, 6.07) is 29.7. The molecule has 4 aromatic carbocycles. The van der Waals surface area contributed by atoms with Crippen LogP contribution < -0.4 is 4.90 Å². The molecule has 2 nitrogen and oxygen atoms in total. The zero-order valence-corrected chi connectivity index (χ0v) is 19.3. The molecule has 164 valence electrons. The number of nitrogens with zero attached hydrogens (tertiary/aromatic N) is 2. The quantitative estimate of drug-likeness (QED) is 0.240. The van der Waals surface area contributed by atoms with Crippen LogP contribution in [-0.4, -0.2) is 4.98 Å². The van der Waals surface area contributed by atoms with Gasteiger partial charge in [0.25, 0.3) is 0 Å². The summed E-state index contributed by atoms with van der Waals surface area (Å²) in [5.41, 5.74) is 20.9. The van der Waals surface area contributed by atoms with Crippen LogP contribution in [0.25, 0.3) is 22.3 Å². The van der Waals surface area contributed by atoms with Gasteiger partial charge in [-0.15, -0.1) is 0 Å². The van der Waals surface area contributed by atoms with Gasteiger partial charge < -0.3 is 4.90 Å². The zero-order valence-electron chi connectivity index (χ0n) is 19.3. The largest absolute Gasteiger partial charge is 0.308 e. The predicted molar refractivity (Wildman–Crippen MR) is 141 cm³/mol. The fourth-order valence-electron chi connectivity index (χ4n) is 7.08.